The molecule has 0 unspecified atom stereocenters. The van der Waals surface area contributed by atoms with Crippen molar-refractivity contribution in [3.8, 4) is 5.75 Å². The molecule has 0 radical (unpaired) electrons. The molecule has 2 aromatic heterocycles. The molecule has 1 aliphatic heterocycles. The maximum absolute atomic E-state index is 13.3. The van der Waals surface area contributed by atoms with E-state index < -0.39 is 16.1 Å². The van der Waals surface area contributed by atoms with Crippen LogP contribution in [0.4, 0.5) is 0 Å². The quantitative estimate of drug-likeness (QED) is 0.290. The lowest BCUT2D eigenvalue weighted by molar-refractivity contribution is -0.122. The number of aryl methyl sites for hydroxylation is 1. The second-order valence-corrected chi connectivity index (χ2v) is 11.0. The average Bonchev–Trinajstić information content (AvgIpc) is 3.55. The molecule has 0 aliphatic carbocycles. The minimum absolute atomic E-state index is 0.0940. The SMILES string of the molecule is O=C(CCc1cccc(OCc2cncc(Cl)c2)c1)[C@@H]1CCCN1S(=O)(=O)c1cc2ccccc2o1. The van der Waals surface area contributed by atoms with Crippen LogP contribution in [-0.4, -0.2) is 36.1 Å². The summed E-state index contributed by atoms with van der Waals surface area (Å²) in [5.74, 6) is 0.582. The topological polar surface area (TPSA) is 89.7 Å². The number of hydrogen-bond acceptors (Lipinski definition) is 6. The first kappa shape index (κ1) is 24.5. The van der Waals surface area contributed by atoms with E-state index in [0.717, 1.165) is 11.1 Å². The largest absolute Gasteiger partial charge is 0.489 e. The van der Waals surface area contributed by atoms with Crippen molar-refractivity contribution in [1.29, 1.82) is 0 Å². The molecular formula is C27H25ClN2O5S. The first-order valence-corrected chi connectivity index (χ1v) is 13.6. The molecule has 1 fully saturated rings. The molecule has 2 aromatic carbocycles. The number of ketones is 1. The van der Waals surface area contributed by atoms with E-state index in [4.69, 9.17) is 20.8 Å². The number of carbonyl (C=O) groups is 1. The van der Waals surface area contributed by atoms with Crippen LogP contribution < -0.4 is 4.74 Å². The van der Waals surface area contributed by atoms with E-state index >= 15 is 0 Å². The zero-order valence-corrected chi connectivity index (χ0v) is 21.0. The van der Waals surface area contributed by atoms with Crippen LogP contribution in [0.25, 0.3) is 11.0 Å². The molecule has 1 saturated heterocycles. The first-order valence-electron chi connectivity index (χ1n) is 11.7. The summed E-state index contributed by atoms with van der Waals surface area (Å²) < 4.78 is 39.4. The molecule has 3 heterocycles. The number of pyridine rings is 1. The van der Waals surface area contributed by atoms with Gasteiger partial charge in [0.2, 0.25) is 5.09 Å². The molecular weight excluding hydrogens is 500 g/mol. The Hall–Kier alpha value is -3.20. The van der Waals surface area contributed by atoms with Gasteiger partial charge in [-0.2, -0.15) is 4.31 Å². The number of ether oxygens (including phenoxy) is 1. The number of fused-ring (bicyclic) bond motifs is 1. The minimum atomic E-state index is -3.91. The fourth-order valence-electron chi connectivity index (χ4n) is 4.48. The Morgan fingerprint density at radius 3 is 2.78 bits per heavy atom. The second-order valence-electron chi connectivity index (χ2n) is 8.79. The van der Waals surface area contributed by atoms with Gasteiger partial charge in [0.15, 0.2) is 5.78 Å². The van der Waals surface area contributed by atoms with Gasteiger partial charge in [-0.25, -0.2) is 8.42 Å². The number of hydrogen-bond donors (Lipinski definition) is 0. The summed E-state index contributed by atoms with van der Waals surface area (Å²) in [5.41, 5.74) is 2.30. The van der Waals surface area contributed by atoms with Gasteiger partial charge in [0.05, 0.1) is 11.1 Å². The molecule has 0 saturated carbocycles. The summed E-state index contributed by atoms with van der Waals surface area (Å²) in [6, 6.07) is 17.3. The van der Waals surface area contributed by atoms with Crippen LogP contribution in [0.1, 0.15) is 30.4 Å². The van der Waals surface area contributed by atoms with Crippen molar-refractivity contribution in [3.63, 3.8) is 0 Å². The van der Waals surface area contributed by atoms with Gasteiger partial charge < -0.3 is 9.15 Å². The molecule has 9 heteroatoms. The number of para-hydroxylation sites is 1. The van der Waals surface area contributed by atoms with Gasteiger partial charge in [0.25, 0.3) is 10.0 Å². The highest BCUT2D eigenvalue weighted by molar-refractivity contribution is 7.89. The molecule has 0 amide bonds. The van der Waals surface area contributed by atoms with Crippen molar-refractivity contribution in [2.75, 3.05) is 6.54 Å². The lowest BCUT2D eigenvalue weighted by Gasteiger charge is -2.21. The van der Waals surface area contributed by atoms with Crippen LogP contribution in [0.2, 0.25) is 5.02 Å². The summed E-state index contributed by atoms with van der Waals surface area (Å²) in [6.45, 7) is 0.629. The number of benzene rings is 2. The first-order chi connectivity index (χ1) is 17.4. The molecule has 0 N–H and O–H groups in total. The molecule has 36 heavy (non-hydrogen) atoms. The maximum atomic E-state index is 13.3. The van der Waals surface area contributed by atoms with E-state index in [1.807, 2.05) is 30.3 Å². The van der Waals surface area contributed by atoms with Crippen LogP contribution in [0, 0.1) is 0 Å². The number of nitrogens with zero attached hydrogens (tertiary/aromatic N) is 2. The number of furan rings is 1. The second kappa shape index (κ2) is 10.4. The van der Waals surface area contributed by atoms with E-state index in [0.29, 0.717) is 54.2 Å². The smallest absolute Gasteiger partial charge is 0.277 e. The van der Waals surface area contributed by atoms with Crippen molar-refractivity contribution in [2.45, 2.75) is 43.4 Å². The van der Waals surface area contributed by atoms with Crippen molar-refractivity contribution >= 4 is 38.4 Å². The zero-order chi connectivity index (χ0) is 25.1. The highest BCUT2D eigenvalue weighted by Gasteiger charge is 2.40. The molecule has 186 valence electrons. The molecule has 4 aromatic rings. The molecule has 0 bridgehead atoms. The average molecular weight is 525 g/mol. The standard InChI is InChI=1S/C27H25ClN2O5S/c28-22-13-20(16-29-17-22)18-34-23-7-3-5-19(14-23)10-11-25(31)24-8-4-12-30(24)36(32,33)27-15-21-6-1-2-9-26(21)35-27/h1-3,5-7,9,13-17,24H,4,8,10-12,18H2/t24-/m0/s1. The van der Waals surface area contributed by atoms with E-state index in [1.54, 1.807) is 36.7 Å². The van der Waals surface area contributed by atoms with Crippen molar-refractivity contribution < 1.29 is 22.4 Å². The number of sulfonamides is 1. The van der Waals surface area contributed by atoms with Gasteiger partial charge in [-0.15, -0.1) is 0 Å². The maximum Gasteiger partial charge on any atom is 0.277 e. The van der Waals surface area contributed by atoms with Crippen molar-refractivity contribution in [1.82, 2.24) is 9.29 Å². The minimum Gasteiger partial charge on any atom is -0.489 e. The van der Waals surface area contributed by atoms with Gasteiger partial charge in [0, 0.05) is 42.4 Å². The molecule has 0 spiro atoms. The summed E-state index contributed by atoms with van der Waals surface area (Å²) in [5, 5.41) is 1.14. The van der Waals surface area contributed by atoms with Crippen LogP contribution in [0.15, 0.2) is 82.6 Å². The number of carbonyl (C=O) groups excluding carboxylic acids is 1. The molecule has 1 aliphatic rings. The Labute approximate surface area is 214 Å². The summed E-state index contributed by atoms with van der Waals surface area (Å²) in [4.78, 5) is 17.2. The van der Waals surface area contributed by atoms with E-state index in [-0.39, 0.29) is 17.3 Å². The summed E-state index contributed by atoms with van der Waals surface area (Å²) in [6.07, 6.45) is 5.13. The predicted molar refractivity (Wildman–Crippen MR) is 136 cm³/mol. The Bertz CT molecular complexity index is 1470. The van der Waals surface area contributed by atoms with Gasteiger partial charge in [0.1, 0.15) is 17.9 Å². The highest BCUT2D eigenvalue weighted by Crippen LogP contribution is 2.31. The molecule has 7 nitrogen and oxygen atoms in total. The monoisotopic (exact) mass is 524 g/mol. The fourth-order valence-corrected chi connectivity index (χ4v) is 6.30. The summed E-state index contributed by atoms with van der Waals surface area (Å²) >= 11 is 5.97. The summed E-state index contributed by atoms with van der Waals surface area (Å²) in [7, 11) is -3.91. The number of Topliss-reactive ketones (excluding diaryl/α,β-unsaturated/α-hetero) is 1. The van der Waals surface area contributed by atoms with Crippen LogP contribution in [0.5, 0.6) is 5.75 Å². The Morgan fingerprint density at radius 2 is 1.94 bits per heavy atom. The molecule has 5 rings (SSSR count). The number of halogens is 1. The van der Waals surface area contributed by atoms with Gasteiger partial charge in [-0.1, -0.05) is 41.9 Å². The normalized spacial score (nSPS) is 16.4. The lowest BCUT2D eigenvalue weighted by atomic mass is 10.0. The Kier molecular flexibility index (Phi) is 7.09. The third-order valence-electron chi connectivity index (χ3n) is 6.27. The van der Waals surface area contributed by atoms with Crippen LogP contribution in [0.3, 0.4) is 0 Å². The Balaban J connectivity index is 1.23. The van der Waals surface area contributed by atoms with E-state index in [2.05, 4.69) is 4.98 Å². The van der Waals surface area contributed by atoms with Crippen LogP contribution >= 0.6 is 11.6 Å². The fraction of sp³-hybridized carbons (Fsp3) is 0.259. The third-order valence-corrected chi connectivity index (χ3v) is 8.24. The van der Waals surface area contributed by atoms with Gasteiger partial charge in [-0.3, -0.25) is 9.78 Å². The number of aromatic nitrogens is 1. The van der Waals surface area contributed by atoms with Gasteiger partial charge >= 0.3 is 0 Å². The van der Waals surface area contributed by atoms with Gasteiger partial charge in [-0.05, 0) is 49.1 Å². The van der Waals surface area contributed by atoms with Crippen molar-refractivity contribution in [2.24, 2.45) is 0 Å². The predicted octanol–water partition coefficient (Wildman–Crippen LogP) is 5.42. The van der Waals surface area contributed by atoms with E-state index in [1.165, 1.54) is 10.4 Å². The lowest BCUT2D eigenvalue weighted by Crippen LogP contribution is -2.40. The number of rotatable bonds is 9. The van der Waals surface area contributed by atoms with E-state index in [9.17, 15) is 13.2 Å². The zero-order valence-electron chi connectivity index (χ0n) is 19.5. The third kappa shape index (κ3) is 5.31. The molecule has 1 atom stereocenters. The van der Waals surface area contributed by atoms with Crippen molar-refractivity contribution in [3.05, 3.63) is 89.2 Å². The van der Waals surface area contributed by atoms with Crippen LogP contribution in [-0.2, 0) is 27.8 Å². The Morgan fingerprint density at radius 1 is 1.08 bits per heavy atom. The highest BCUT2D eigenvalue weighted by atomic mass is 35.5.